The van der Waals surface area contributed by atoms with Gasteiger partial charge in [-0.1, -0.05) is 22.5 Å². The molecular formula is C16H14ClN5O3. The Morgan fingerprint density at radius 2 is 2.08 bits per heavy atom. The highest BCUT2D eigenvalue weighted by Crippen LogP contribution is 2.16. The predicted molar refractivity (Wildman–Crippen MR) is 92.4 cm³/mol. The van der Waals surface area contributed by atoms with Crippen molar-refractivity contribution in [3.05, 3.63) is 53.1 Å². The van der Waals surface area contributed by atoms with Crippen molar-refractivity contribution in [2.24, 2.45) is 0 Å². The van der Waals surface area contributed by atoms with Crippen LogP contribution in [0.4, 0.5) is 5.69 Å². The van der Waals surface area contributed by atoms with Gasteiger partial charge in [0.2, 0.25) is 0 Å². The van der Waals surface area contributed by atoms with E-state index < -0.39 is 5.91 Å². The van der Waals surface area contributed by atoms with Gasteiger partial charge in [-0.25, -0.2) is 0 Å². The summed E-state index contributed by atoms with van der Waals surface area (Å²) in [6, 6.07) is 11.6. The lowest BCUT2D eigenvalue weighted by atomic mass is 10.2. The molecule has 0 saturated carbocycles. The van der Waals surface area contributed by atoms with Crippen molar-refractivity contribution in [2.75, 3.05) is 19.0 Å². The minimum absolute atomic E-state index is 0.238. The highest BCUT2D eigenvalue weighted by Gasteiger charge is 2.10. The fourth-order valence-corrected chi connectivity index (χ4v) is 2.33. The maximum atomic E-state index is 12.0. The van der Waals surface area contributed by atoms with Crippen LogP contribution in [0, 0.1) is 0 Å². The van der Waals surface area contributed by atoms with Gasteiger partial charge in [-0.2, -0.15) is 0 Å². The molecule has 0 saturated heterocycles. The fourth-order valence-electron chi connectivity index (χ4n) is 2.17. The number of rotatable bonds is 5. The Balaban J connectivity index is 1.65. The lowest BCUT2D eigenvalue weighted by Crippen LogP contribution is -2.26. The van der Waals surface area contributed by atoms with Crippen LogP contribution in [-0.2, 0) is 4.79 Å². The summed E-state index contributed by atoms with van der Waals surface area (Å²) in [5.41, 5.74) is 2.09. The van der Waals surface area contributed by atoms with E-state index >= 15 is 0 Å². The Morgan fingerprint density at radius 1 is 1.24 bits per heavy atom. The van der Waals surface area contributed by atoms with Gasteiger partial charge in [0.15, 0.2) is 6.61 Å². The van der Waals surface area contributed by atoms with Crippen LogP contribution < -0.4 is 15.5 Å². The van der Waals surface area contributed by atoms with Gasteiger partial charge in [0.1, 0.15) is 11.0 Å². The predicted octanol–water partition coefficient (Wildman–Crippen LogP) is 1.51. The molecule has 2 N–H and O–H groups in total. The molecule has 9 heteroatoms. The van der Waals surface area contributed by atoms with Gasteiger partial charge in [0, 0.05) is 23.3 Å². The lowest BCUT2D eigenvalue weighted by molar-refractivity contribution is -0.121. The summed E-state index contributed by atoms with van der Waals surface area (Å²) in [4.78, 5) is 30.1. The molecule has 0 aliphatic carbocycles. The van der Waals surface area contributed by atoms with Gasteiger partial charge in [0.25, 0.3) is 11.8 Å². The molecule has 128 valence electrons. The summed E-state index contributed by atoms with van der Waals surface area (Å²) >= 11 is 5.93. The summed E-state index contributed by atoms with van der Waals surface area (Å²) in [5.74, 6) is -0.641. The quantitative estimate of drug-likeness (QED) is 0.719. The molecule has 0 atom stereocenters. The Labute approximate surface area is 147 Å². The van der Waals surface area contributed by atoms with Gasteiger partial charge in [0.05, 0.1) is 0 Å². The topological polar surface area (TPSA) is 98.1 Å². The van der Waals surface area contributed by atoms with Crippen LogP contribution in [-0.4, -0.2) is 40.6 Å². The zero-order valence-corrected chi connectivity index (χ0v) is 13.9. The molecule has 0 fully saturated rings. The molecule has 0 unspecified atom stereocenters. The number of hydrogen-bond acceptors (Lipinski definition) is 5. The van der Waals surface area contributed by atoms with Crippen LogP contribution in [0.1, 0.15) is 10.4 Å². The fraction of sp³-hybridized carbons (Fsp3) is 0.125. The van der Waals surface area contributed by atoms with Crippen molar-refractivity contribution in [1.82, 2.24) is 20.5 Å². The first-order chi connectivity index (χ1) is 12.1. The molecule has 25 heavy (non-hydrogen) atoms. The first-order valence-corrected chi connectivity index (χ1v) is 7.71. The first kappa shape index (κ1) is 16.7. The molecule has 0 spiro atoms. The molecule has 1 heterocycles. The van der Waals surface area contributed by atoms with E-state index in [0.29, 0.717) is 27.3 Å². The number of benzene rings is 2. The van der Waals surface area contributed by atoms with Crippen molar-refractivity contribution in [2.45, 2.75) is 0 Å². The second kappa shape index (κ2) is 7.18. The van der Waals surface area contributed by atoms with Crippen molar-refractivity contribution in [3.63, 3.8) is 0 Å². The van der Waals surface area contributed by atoms with Crippen LogP contribution in [0.3, 0.4) is 0 Å². The summed E-state index contributed by atoms with van der Waals surface area (Å²) in [5, 5.41) is 13.4. The van der Waals surface area contributed by atoms with E-state index in [4.69, 9.17) is 16.4 Å². The Bertz CT molecular complexity index is 940. The van der Waals surface area contributed by atoms with Gasteiger partial charge < -0.3 is 15.5 Å². The number of nitrogens with zero attached hydrogens (tertiary/aromatic N) is 3. The van der Waals surface area contributed by atoms with E-state index in [1.54, 1.807) is 42.5 Å². The molecule has 8 nitrogen and oxygen atoms in total. The van der Waals surface area contributed by atoms with E-state index in [2.05, 4.69) is 20.9 Å². The SMILES string of the molecule is CNC(=O)c1cccc(NC(=O)COn2nnc3ccc(Cl)cc32)c1. The molecule has 0 aliphatic rings. The highest BCUT2D eigenvalue weighted by molar-refractivity contribution is 6.31. The third-order valence-corrected chi connectivity index (χ3v) is 3.57. The zero-order chi connectivity index (χ0) is 17.8. The smallest absolute Gasteiger partial charge is 0.265 e. The second-order valence-electron chi connectivity index (χ2n) is 5.08. The summed E-state index contributed by atoms with van der Waals surface area (Å²) in [6.45, 7) is -0.283. The Morgan fingerprint density at radius 3 is 2.88 bits per heavy atom. The maximum Gasteiger partial charge on any atom is 0.265 e. The van der Waals surface area contributed by atoms with Gasteiger partial charge in [-0.05, 0) is 41.6 Å². The Hall–Kier alpha value is -3.13. The molecular weight excluding hydrogens is 346 g/mol. The average Bonchev–Trinajstić information content (AvgIpc) is 3.01. The van der Waals surface area contributed by atoms with Gasteiger partial charge >= 0.3 is 0 Å². The number of halogens is 1. The van der Waals surface area contributed by atoms with Crippen LogP contribution in [0.5, 0.6) is 0 Å². The lowest BCUT2D eigenvalue weighted by Gasteiger charge is -2.08. The van der Waals surface area contributed by atoms with E-state index in [9.17, 15) is 9.59 Å². The number of hydrogen-bond donors (Lipinski definition) is 2. The molecule has 1 aromatic heterocycles. The van der Waals surface area contributed by atoms with Crippen molar-refractivity contribution < 1.29 is 14.4 Å². The monoisotopic (exact) mass is 359 g/mol. The third kappa shape index (κ3) is 3.86. The van der Waals surface area contributed by atoms with Gasteiger partial charge in [-0.15, -0.1) is 5.10 Å². The summed E-state index contributed by atoms with van der Waals surface area (Å²) in [6.07, 6.45) is 0. The third-order valence-electron chi connectivity index (χ3n) is 3.33. The minimum Gasteiger partial charge on any atom is -0.385 e. The summed E-state index contributed by atoms with van der Waals surface area (Å²) < 4.78 is 0. The van der Waals surface area contributed by atoms with Crippen LogP contribution in [0.15, 0.2) is 42.5 Å². The maximum absolute atomic E-state index is 12.0. The van der Waals surface area contributed by atoms with E-state index in [1.165, 1.54) is 7.05 Å². The molecule has 0 aliphatic heterocycles. The average molecular weight is 360 g/mol. The molecule has 2 aromatic carbocycles. The van der Waals surface area contributed by atoms with Gasteiger partial charge in [-0.3, -0.25) is 9.59 Å². The molecule has 2 amide bonds. The first-order valence-electron chi connectivity index (χ1n) is 7.33. The molecule has 0 radical (unpaired) electrons. The number of fused-ring (bicyclic) bond motifs is 1. The number of anilines is 1. The summed E-state index contributed by atoms with van der Waals surface area (Å²) in [7, 11) is 1.54. The number of carbonyl (C=O) groups excluding carboxylic acids is 2. The normalized spacial score (nSPS) is 10.5. The standard InChI is InChI=1S/C16H14ClN5O3/c1-18-16(24)10-3-2-4-12(7-10)19-15(23)9-25-22-14-8-11(17)5-6-13(14)20-21-22/h2-8H,9H2,1H3,(H,18,24)(H,19,23). The minimum atomic E-state index is -0.403. The van der Waals surface area contributed by atoms with Crippen LogP contribution in [0.25, 0.3) is 11.0 Å². The number of amides is 2. The highest BCUT2D eigenvalue weighted by atomic mass is 35.5. The Kier molecular flexibility index (Phi) is 4.80. The number of aromatic nitrogens is 3. The van der Waals surface area contributed by atoms with Crippen LogP contribution >= 0.6 is 11.6 Å². The van der Waals surface area contributed by atoms with Crippen molar-refractivity contribution >= 4 is 40.1 Å². The number of carbonyl (C=O) groups is 2. The molecule has 3 rings (SSSR count). The van der Waals surface area contributed by atoms with E-state index in [0.717, 1.165) is 4.85 Å². The van der Waals surface area contributed by atoms with Crippen molar-refractivity contribution in [1.29, 1.82) is 0 Å². The zero-order valence-electron chi connectivity index (χ0n) is 13.2. The second-order valence-corrected chi connectivity index (χ2v) is 5.51. The van der Waals surface area contributed by atoms with E-state index in [1.807, 2.05) is 0 Å². The number of nitrogens with one attached hydrogen (secondary N) is 2. The van der Waals surface area contributed by atoms with Crippen molar-refractivity contribution in [3.8, 4) is 0 Å². The molecule has 3 aromatic rings. The largest absolute Gasteiger partial charge is 0.385 e. The van der Waals surface area contributed by atoms with E-state index in [-0.39, 0.29) is 12.5 Å². The van der Waals surface area contributed by atoms with Crippen LogP contribution in [0.2, 0.25) is 5.02 Å². The molecule has 0 bridgehead atoms.